The van der Waals surface area contributed by atoms with Gasteiger partial charge in [-0.3, -0.25) is 11.3 Å². The minimum Gasteiger partial charge on any atom is -0.491 e. The van der Waals surface area contributed by atoms with Gasteiger partial charge in [-0.25, -0.2) is 0 Å². The molecule has 1 atom stereocenters. The van der Waals surface area contributed by atoms with E-state index in [1.54, 1.807) is 0 Å². The van der Waals surface area contributed by atoms with Crippen LogP contribution in [0.25, 0.3) is 0 Å². The third kappa shape index (κ3) is 3.53. The average Bonchev–Trinajstić information content (AvgIpc) is 2.19. The Kier molecular flexibility index (Phi) is 4.59. The Morgan fingerprint density at radius 1 is 1.40 bits per heavy atom. The highest BCUT2D eigenvalue weighted by molar-refractivity contribution is 5.30. The van der Waals surface area contributed by atoms with Gasteiger partial charge in [0.25, 0.3) is 0 Å². The Balaban J connectivity index is 2.81. The summed E-state index contributed by atoms with van der Waals surface area (Å²) in [7, 11) is 0. The molecule has 0 saturated heterocycles. The van der Waals surface area contributed by atoms with Crippen molar-refractivity contribution in [3.8, 4) is 5.75 Å². The van der Waals surface area contributed by atoms with Gasteiger partial charge in [0.2, 0.25) is 0 Å². The highest BCUT2D eigenvalue weighted by Gasteiger charge is 2.07. The summed E-state index contributed by atoms with van der Waals surface area (Å²) in [6.45, 7) is 6.14. The first-order chi connectivity index (χ1) is 7.17. The van der Waals surface area contributed by atoms with Crippen LogP contribution in [0.15, 0.2) is 24.3 Å². The number of hydrogen-bond donors (Lipinski definition) is 2. The van der Waals surface area contributed by atoms with Crippen molar-refractivity contribution in [3.05, 3.63) is 29.8 Å². The van der Waals surface area contributed by atoms with Gasteiger partial charge in [-0.05, 0) is 38.0 Å². The Labute approximate surface area is 91.6 Å². The van der Waals surface area contributed by atoms with Gasteiger partial charge in [-0.15, -0.1) is 0 Å². The van der Waals surface area contributed by atoms with Crippen molar-refractivity contribution in [2.75, 3.05) is 0 Å². The van der Waals surface area contributed by atoms with Gasteiger partial charge in [0.1, 0.15) is 5.75 Å². The maximum Gasteiger partial charge on any atom is 0.120 e. The first kappa shape index (κ1) is 12.0. The molecule has 0 radical (unpaired) electrons. The second-order valence-electron chi connectivity index (χ2n) is 3.87. The Morgan fingerprint density at radius 2 is 2.13 bits per heavy atom. The van der Waals surface area contributed by atoms with E-state index in [0.717, 1.165) is 17.7 Å². The quantitative estimate of drug-likeness (QED) is 0.577. The zero-order valence-corrected chi connectivity index (χ0v) is 9.66. The molecule has 0 aliphatic carbocycles. The molecule has 84 valence electrons. The predicted molar refractivity (Wildman–Crippen MR) is 62.6 cm³/mol. The first-order valence-electron chi connectivity index (χ1n) is 5.40. The van der Waals surface area contributed by atoms with E-state index in [4.69, 9.17) is 10.6 Å². The zero-order chi connectivity index (χ0) is 11.3. The van der Waals surface area contributed by atoms with Crippen molar-refractivity contribution >= 4 is 0 Å². The summed E-state index contributed by atoms with van der Waals surface area (Å²) in [5.74, 6) is 6.38. The van der Waals surface area contributed by atoms with E-state index in [9.17, 15) is 0 Å². The summed E-state index contributed by atoms with van der Waals surface area (Å²) in [4.78, 5) is 0. The molecule has 0 aliphatic rings. The third-order valence-electron chi connectivity index (χ3n) is 2.24. The van der Waals surface area contributed by atoms with Crippen LogP contribution < -0.4 is 16.0 Å². The van der Waals surface area contributed by atoms with Crippen molar-refractivity contribution in [3.63, 3.8) is 0 Å². The Morgan fingerprint density at radius 3 is 2.67 bits per heavy atom. The van der Waals surface area contributed by atoms with E-state index in [0.29, 0.717) is 0 Å². The maximum absolute atomic E-state index is 5.63. The molecule has 1 rings (SSSR count). The molecule has 0 heterocycles. The van der Waals surface area contributed by atoms with Gasteiger partial charge in [0, 0.05) is 6.04 Å². The van der Waals surface area contributed by atoms with Crippen molar-refractivity contribution in [1.82, 2.24) is 5.43 Å². The summed E-state index contributed by atoms with van der Waals surface area (Å²) in [5.41, 5.74) is 3.96. The lowest BCUT2D eigenvalue weighted by Crippen LogP contribution is -2.27. The summed E-state index contributed by atoms with van der Waals surface area (Å²) in [5, 5.41) is 0. The molecule has 0 aromatic heterocycles. The number of hydrazine groups is 1. The van der Waals surface area contributed by atoms with Crippen LogP contribution in [0.5, 0.6) is 5.75 Å². The van der Waals surface area contributed by atoms with Crippen LogP contribution in [0.1, 0.15) is 38.8 Å². The molecule has 15 heavy (non-hydrogen) atoms. The predicted octanol–water partition coefficient (Wildman–Crippen LogP) is 2.39. The molecule has 3 N–H and O–H groups in total. The third-order valence-corrected chi connectivity index (χ3v) is 2.24. The number of nitrogens with two attached hydrogens (primary N) is 1. The lowest BCUT2D eigenvalue weighted by Gasteiger charge is -2.16. The lowest BCUT2D eigenvalue weighted by molar-refractivity contribution is 0.242. The molecule has 1 aromatic rings. The van der Waals surface area contributed by atoms with E-state index >= 15 is 0 Å². The highest BCUT2D eigenvalue weighted by Crippen LogP contribution is 2.21. The molecule has 0 amide bonds. The van der Waals surface area contributed by atoms with Gasteiger partial charge < -0.3 is 4.74 Å². The number of benzene rings is 1. The fraction of sp³-hybridized carbons (Fsp3) is 0.500. The number of rotatable bonds is 5. The minimum atomic E-state index is 0.195. The number of ether oxygens (including phenoxy) is 1. The molecule has 0 aliphatic heterocycles. The maximum atomic E-state index is 5.63. The minimum absolute atomic E-state index is 0.195. The van der Waals surface area contributed by atoms with Crippen LogP contribution in [0.2, 0.25) is 0 Å². The average molecular weight is 208 g/mol. The van der Waals surface area contributed by atoms with Crippen LogP contribution >= 0.6 is 0 Å². The molecule has 0 bridgehead atoms. The van der Waals surface area contributed by atoms with E-state index in [1.807, 2.05) is 32.0 Å². The molecule has 0 saturated carbocycles. The molecule has 3 nitrogen and oxygen atoms in total. The molecule has 1 unspecified atom stereocenters. The monoisotopic (exact) mass is 208 g/mol. The highest BCUT2D eigenvalue weighted by atomic mass is 16.5. The van der Waals surface area contributed by atoms with E-state index in [2.05, 4.69) is 18.4 Å². The Hall–Kier alpha value is -1.06. The van der Waals surface area contributed by atoms with Crippen molar-refractivity contribution < 1.29 is 4.74 Å². The summed E-state index contributed by atoms with van der Waals surface area (Å²) in [6, 6.07) is 8.25. The largest absolute Gasteiger partial charge is 0.491 e. The van der Waals surface area contributed by atoms with Crippen LogP contribution in [0.3, 0.4) is 0 Å². The fourth-order valence-corrected chi connectivity index (χ4v) is 1.53. The summed E-state index contributed by atoms with van der Waals surface area (Å²) >= 11 is 0. The second kappa shape index (κ2) is 5.73. The molecular weight excluding hydrogens is 188 g/mol. The number of nitrogens with one attached hydrogen (secondary N) is 1. The van der Waals surface area contributed by atoms with E-state index in [1.165, 1.54) is 0 Å². The van der Waals surface area contributed by atoms with Crippen molar-refractivity contribution in [2.24, 2.45) is 5.84 Å². The zero-order valence-electron chi connectivity index (χ0n) is 9.66. The molecular formula is C12H20N2O. The molecule has 0 fully saturated rings. The Bertz CT molecular complexity index is 295. The van der Waals surface area contributed by atoms with Crippen molar-refractivity contribution in [1.29, 1.82) is 0 Å². The topological polar surface area (TPSA) is 47.3 Å². The van der Waals surface area contributed by atoms with Crippen LogP contribution in [-0.4, -0.2) is 6.10 Å². The van der Waals surface area contributed by atoms with E-state index < -0.39 is 0 Å². The fourth-order valence-electron chi connectivity index (χ4n) is 1.53. The normalized spacial score (nSPS) is 12.9. The van der Waals surface area contributed by atoms with Crippen LogP contribution in [0, 0.1) is 0 Å². The molecule has 3 heteroatoms. The van der Waals surface area contributed by atoms with Gasteiger partial charge in [-0.1, -0.05) is 19.1 Å². The molecule has 1 aromatic carbocycles. The van der Waals surface area contributed by atoms with Crippen LogP contribution in [-0.2, 0) is 0 Å². The van der Waals surface area contributed by atoms with Gasteiger partial charge >= 0.3 is 0 Å². The lowest BCUT2D eigenvalue weighted by atomic mass is 10.1. The molecule has 0 spiro atoms. The van der Waals surface area contributed by atoms with Gasteiger partial charge in [0.05, 0.1) is 6.10 Å². The SMILES string of the molecule is CCC(NN)c1cccc(OC(C)C)c1. The van der Waals surface area contributed by atoms with Gasteiger partial charge in [-0.2, -0.15) is 0 Å². The standard InChI is InChI=1S/C12H20N2O/c1-4-12(14-13)10-6-5-7-11(8-10)15-9(2)3/h5-9,12,14H,4,13H2,1-3H3. The van der Waals surface area contributed by atoms with Crippen LogP contribution in [0.4, 0.5) is 0 Å². The smallest absolute Gasteiger partial charge is 0.120 e. The number of hydrogen-bond acceptors (Lipinski definition) is 3. The van der Waals surface area contributed by atoms with E-state index in [-0.39, 0.29) is 12.1 Å². The summed E-state index contributed by atoms with van der Waals surface area (Å²) < 4.78 is 5.63. The van der Waals surface area contributed by atoms with Gasteiger partial charge in [0.15, 0.2) is 0 Å². The van der Waals surface area contributed by atoms with Crippen molar-refractivity contribution in [2.45, 2.75) is 39.3 Å². The summed E-state index contributed by atoms with van der Waals surface area (Å²) in [6.07, 6.45) is 1.16. The second-order valence-corrected chi connectivity index (χ2v) is 3.87. The first-order valence-corrected chi connectivity index (χ1v) is 5.40.